The number of benzene rings is 2. The van der Waals surface area contributed by atoms with Gasteiger partial charge in [0, 0.05) is 56.5 Å². The molecule has 6 nitrogen and oxygen atoms in total. The van der Waals surface area contributed by atoms with Crippen molar-refractivity contribution >= 4 is 27.2 Å². The van der Waals surface area contributed by atoms with E-state index in [2.05, 4.69) is 54.0 Å². The number of hydrogen-bond donors (Lipinski definition) is 0. The molecular weight excluding hydrogens is 566 g/mol. The van der Waals surface area contributed by atoms with E-state index in [1.54, 1.807) is 11.3 Å². The lowest BCUT2D eigenvalue weighted by Gasteiger charge is -2.49. The predicted octanol–water partition coefficient (Wildman–Crippen LogP) is 8.53. The molecule has 2 aromatic carbocycles. The van der Waals surface area contributed by atoms with Gasteiger partial charge < -0.3 is 19.1 Å². The molecule has 0 amide bonds. The van der Waals surface area contributed by atoms with Gasteiger partial charge in [0.05, 0.1) is 22.9 Å². The Kier molecular flexibility index (Phi) is 9.46. The number of fused-ring (bicyclic) bond motifs is 1. The maximum Gasteiger partial charge on any atom is 0.199 e. The Bertz CT molecular complexity index is 1350. The largest absolute Gasteiger partial charge is 0.465 e. The minimum atomic E-state index is -0.114. The van der Waals surface area contributed by atoms with Crippen LogP contribution in [0.25, 0.3) is 20.8 Å². The van der Waals surface area contributed by atoms with Crippen LogP contribution >= 0.6 is 11.3 Å². The summed E-state index contributed by atoms with van der Waals surface area (Å²) in [7, 11) is 0. The summed E-state index contributed by atoms with van der Waals surface area (Å²) >= 11 is 1.79. The Morgan fingerprint density at radius 3 is 2.39 bits per heavy atom. The van der Waals surface area contributed by atoms with Crippen molar-refractivity contribution in [1.29, 1.82) is 0 Å². The summed E-state index contributed by atoms with van der Waals surface area (Å²) < 4.78 is 18.9. The minimum absolute atomic E-state index is 0.114. The van der Waals surface area contributed by atoms with Crippen molar-refractivity contribution < 1.29 is 14.2 Å². The van der Waals surface area contributed by atoms with Gasteiger partial charge in [-0.25, -0.2) is 4.98 Å². The van der Waals surface area contributed by atoms with Crippen molar-refractivity contribution in [2.45, 2.75) is 103 Å². The summed E-state index contributed by atoms with van der Waals surface area (Å²) in [6.45, 7) is 11.0. The summed E-state index contributed by atoms with van der Waals surface area (Å²) in [6.07, 6.45) is 14.5. The van der Waals surface area contributed by atoms with Crippen LogP contribution in [0.1, 0.15) is 84.5 Å². The van der Waals surface area contributed by atoms with Crippen LogP contribution in [-0.2, 0) is 9.47 Å². The first-order valence-electron chi connectivity index (χ1n) is 17.5. The van der Waals surface area contributed by atoms with Gasteiger partial charge >= 0.3 is 0 Å². The molecule has 3 aromatic rings. The van der Waals surface area contributed by atoms with Gasteiger partial charge in [-0.05, 0) is 125 Å². The molecule has 2 aliphatic heterocycles. The van der Waals surface area contributed by atoms with Crippen LogP contribution in [0.5, 0.6) is 5.75 Å². The second-order valence-corrected chi connectivity index (χ2v) is 15.0. The summed E-state index contributed by atoms with van der Waals surface area (Å²) in [6, 6.07) is 15.9. The minimum Gasteiger partial charge on any atom is -0.465 e. The molecule has 0 bridgehead atoms. The zero-order chi connectivity index (χ0) is 29.9. The van der Waals surface area contributed by atoms with E-state index in [0.29, 0.717) is 11.5 Å². The molecule has 1 unspecified atom stereocenters. The fraction of sp³-hybridized carbons (Fsp3) is 0.649. The normalized spacial score (nSPS) is 30.5. The third-order valence-corrected chi connectivity index (χ3v) is 12.3. The van der Waals surface area contributed by atoms with E-state index < -0.39 is 0 Å². The maximum atomic E-state index is 6.03. The van der Waals surface area contributed by atoms with Gasteiger partial charge in [0.25, 0.3) is 0 Å². The number of anilines is 1. The maximum absolute atomic E-state index is 6.03. The summed E-state index contributed by atoms with van der Waals surface area (Å²) in [5.41, 5.74) is 4.10. The molecule has 44 heavy (non-hydrogen) atoms. The lowest BCUT2D eigenvalue weighted by atomic mass is 9.62. The number of aromatic nitrogens is 1. The average molecular weight is 618 g/mol. The highest BCUT2D eigenvalue weighted by atomic mass is 32.1. The van der Waals surface area contributed by atoms with Gasteiger partial charge in [-0.1, -0.05) is 6.92 Å². The molecule has 0 radical (unpaired) electrons. The molecule has 7 rings (SSSR count). The molecule has 4 aliphatic rings. The van der Waals surface area contributed by atoms with Gasteiger partial charge in [0.1, 0.15) is 10.8 Å². The smallest absolute Gasteiger partial charge is 0.199 e. The Morgan fingerprint density at radius 2 is 1.68 bits per heavy atom. The van der Waals surface area contributed by atoms with Crippen molar-refractivity contribution in [2.75, 3.05) is 44.3 Å². The fourth-order valence-electron chi connectivity index (χ4n) is 8.41. The Morgan fingerprint density at radius 1 is 0.909 bits per heavy atom. The van der Waals surface area contributed by atoms with E-state index in [1.165, 1.54) is 81.3 Å². The monoisotopic (exact) mass is 617 g/mol. The Hall–Kier alpha value is -2.19. The summed E-state index contributed by atoms with van der Waals surface area (Å²) in [5.74, 6) is 1.76. The number of rotatable bonds is 8. The lowest BCUT2D eigenvalue weighted by Crippen LogP contribution is -2.52. The molecule has 0 N–H and O–H groups in total. The highest BCUT2D eigenvalue weighted by Crippen LogP contribution is 2.49. The molecule has 2 saturated carbocycles. The van der Waals surface area contributed by atoms with E-state index in [1.807, 2.05) is 12.1 Å². The van der Waals surface area contributed by atoms with Crippen LogP contribution in [0.4, 0.5) is 5.69 Å². The molecule has 7 heteroatoms. The number of hydrogen-bond acceptors (Lipinski definition) is 7. The van der Waals surface area contributed by atoms with Crippen LogP contribution < -0.4 is 9.64 Å². The molecular formula is C37H51N3O3S. The van der Waals surface area contributed by atoms with Gasteiger partial charge in [-0.2, -0.15) is 0 Å². The zero-order valence-corrected chi connectivity index (χ0v) is 27.7. The average Bonchev–Trinajstić information content (AvgIpc) is 3.50. The van der Waals surface area contributed by atoms with Gasteiger partial charge in [0.2, 0.25) is 0 Å². The zero-order valence-electron chi connectivity index (χ0n) is 26.8. The fourth-order valence-corrected chi connectivity index (χ4v) is 9.41. The molecule has 2 saturated heterocycles. The molecule has 4 fully saturated rings. The van der Waals surface area contributed by atoms with Crippen LogP contribution in [-0.4, -0.2) is 67.7 Å². The quantitative estimate of drug-likeness (QED) is 0.253. The van der Waals surface area contributed by atoms with E-state index in [0.717, 1.165) is 72.9 Å². The first-order chi connectivity index (χ1) is 21.6. The van der Waals surface area contributed by atoms with Crippen molar-refractivity contribution in [1.82, 2.24) is 9.88 Å². The number of ether oxygens (including phenoxy) is 3. The second-order valence-electron chi connectivity index (χ2n) is 13.9. The Labute approximate surface area is 268 Å². The highest BCUT2D eigenvalue weighted by molar-refractivity contribution is 7.21. The first kappa shape index (κ1) is 30.5. The van der Waals surface area contributed by atoms with Crippen LogP contribution in [0.2, 0.25) is 0 Å². The molecule has 0 spiro atoms. The van der Waals surface area contributed by atoms with Gasteiger partial charge in [-0.3, -0.25) is 4.90 Å². The molecule has 1 aromatic heterocycles. The molecule has 3 heterocycles. The van der Waals surface area contributed by atoms with Crippen molar-refractivity contribution in [3.05, 3.63) is 42.5 Å². The topological polar surface area (TPSA) is 47.1 Å². The first-order valence-corrected chi connectivity index (χ1v) is 18.3. The third kappa shape index (κ3) is 6.81. The van der Waals surface area contributed by atoms with E-state index in [-0.39, 0.29) is 6.29 Å². The Balaban J connectivity index is 0.910. The summed E-state index contributed by atoms with van der Waals surface area (Å²) in [4.78, 5) is 10.4. The second kappa shape index (κ2) is 13.7. The predicted molar refractivity (Wildman–Crippen MR) is 181 cm³/mol. The van der Waals surface area contributed by atoms with Crippen LogP contribution in [0.3, 0.4) is 0 Å². The van der Waals surface area contributed by atoms with E-state index in [9.17, 15) is 0 Å². The number of piperazine rings is 1. The van der Waals surface area contributed by atoms with E-state index >= 15 is 0 Å². The van der Waals surface area contributed by atoms with Crippen LogP contribution in [0, 0.1) is 11.3 Å². The molecule has 238 valence electrons. The third-order valence-electron chi connectivity index (χ3n) is 11.2. The lowest BCUT2D eigenvalue weighted by molar-refractivity contribution is -0.105. The molecule has 2 aliphatic carbocycles. The summed E-state index contributed by atoms with van der Waals surface area (Å²) in [5, 5.41) is 1.06. The van der Waals surface area contributed by atoms with Crippen LogP contribution in [0.15, 0.2) is 42.5 Å². The van der Waals surface area contributed by atoms with Crippen molar-refractivity contribution in [3.63, 3.8) is 0 Å². The van der Waals surface area contributed by atoms with E-state index in [4.69, 9.17) is 19.2 Å². The highest BCUT2D eigenvalue weighted by Gasteiger charge is 2.41. The number of thiazole rings is 1. The van der Waals surface area contributed by atoms with Gasteiger partial charge in [0.15, 0.2) is 6.29 Å². The molecule has 1 atom stereocenters. The SMILES string of the molecule is CCOC1CCC(C2(C)CCC(N3CCN(c4ccc5nc(-c6ccc(OC7CCCCO7)cc6)sc5c4)CC3)CC2)CC1. The number of nitrogens with zero attached hydrogens (tertiary/aromatic N) is 3. The van der Waals surface area contributed by atoms with Crippen molar-refractivity contribution in [3.8, 4) is 16.3 Å². The van der Waals surface area contributed by atoms with Gasteiger partial charge in [-0.15, -0.1) is 11.3 Å². The standard InChI is InChI=1S/C37H51N3O3S/c1-3-41-31-14-9-28(10-15-31)37(2)19-17-29(18-20-37)39-21-23-40(24-22-39)30-11-16-33-34(26-30)44-36(38-33)27-7-12-32(13-8-27)43-35-6-4-5-25-42-35/h7-8,11-13,16,26,28-29,31,35H,3-6,9-10,14-15,17-25H2,1-2H3. The van der Waals surface area contributed by atoms with Crippen molar-refractivity contribution in [2.24, 2.45) is 11.3 Å².